The van der Waals surface area contributed by atoms with E-state index in [9.17, 15) is 9.18 Å². The number of rotatable bonds is 5. The van der Waals surface area contributed by atoms with Crippen LogP contribution in [0, 0.1) is 12.7 Å². The number of aryl methyl sites for hydroxylation is 1. The average molecular weight is 372 g/mol. The van der Waals surface area contributed by atoms with Crippen LogP contribution in [0.4, 0.5) is 4.39 Å². The first-order valence-electron chi connectivity index (χ1n) is 8.37. The SMILES string of the molecule is CCOC(=O)c1c(-c2ccc(Cl)cc2F)c(C)cn1Cc1ccccc1. The van der Waals surface area contributed by atoms with E-state index in [0.29, 0.717) is 28.4 Å². The first kappa shape index (κ1) is 18.2. The number of nitrogens with zero attached hydrogens (tertiary/aromatic N) is 1. The zero-order valence-corrected chi connectivity index (χ0v) is 15.4. The van der Waals surface area contributed by atoms with Crippen LogP contribution in [-0.4, -0.2) is 17.1 Å². The van der Waals surface area contributed by atoms with E-state index in [2.05, 4.69) is 0 Å². The van der Waals surface area contributed by atoms with Crippen molar-refractivity contribution in [3.63, 3.8) is 0 Å². The molecule has 0 radical (unpaired) electrons. The Bertz CT molecular complexity index is 935. The number of carbonyl (C=O) groups is 1. The van der Waals surface area contributed by atoms with Gasteiger partial charge in [-0.25, -0.2) is 9.18 Å². The quantitative estimate of drug-likeness (QED) is 0.556. The Morgan fingerprint density at radius 3 is 2.58 bits per heavy atom. The topological polar surface area (TPSA) is 31.2 Å². The molecule has 2 aromatic carbocycles. The van der Waals surface area contributed by atoms with E-state index >= 15 is 0 Å². The molecule has 3 nitrogen and oxygen atoms in total. The van der Waals surface area contributed by atoms with Gasteiger partial charge in [-0.05, 0) is 43.2 Å². The van der Waals surface area contributed by atoms with E-state index in [1.165, 1.54) is 6.07 Å². The molecule has 0 amide bonds. The summed E-state index contributed by atoms with van der Waals surface area (Å²) in [5.74, 6) is -0.940. The summed E-state index contributed by atoms with van der Waals surface area (Å²) in [5.41, 5.74) is 3.05. The van der Waals surface area contributed by atoms with Crippen LogP contribution in [0.1, 0.15) is 28.5 Å². The van der Waals surface area contributed by atoms with Crippen LogP contribution in [0.25, 0.3) is 11.1 Å². The van der Waals surface area contributed by atoms with Gasteiger partial charge in [-0.2, -0.15) is 0 Å². The lowest BCUT2D eigenvalue weighted by Gasteiger charge is -2.12. The maximum Gasteiger partial charge on any atom is 0.355 e. The molecule has 0 unspecified atom stereocenters. The Morgan fingerprint density at radius 1 is 1.19 bits per heavy atom. The summed E-state index contributed by atoms with van der Waals surface area (Å²) < 4.78 is 21.6. The van der Waals surface area contributed by atoms with Gasteiger partial charge in [-0.15, -0.1) is 0 Å². The fraction of sp³-hybridized carbons (Fsp3) is 0.190. The van der Waals surface area contributed by atoms with Crippen molar-refractivity contribution >= 4 is 17.6 Å². The first-order valence-corrected chi connectivity index (χ1v) is 8.75. The van der Waals surface area contributed by atoms with Crippen molar-refractivity contribution in [2.24, 2.45) is 0 Å². The lowest BCUT2D eigenvalue weighted by Crippen LogP contribution is -2.14. The van der Waals surface area contributed by atoms with Crippen molar-refractivity contribution in [2.45, 2.75) is 20.4 Å². The zero-order chi connectivity index (χ0) is 18.7. The Hall–Kier alpha value is -2.59. The number of aromatic nitrogens is 1. The summed E-state index contributed by atoms with van der Waals surface area (Å²) in [4.78, 5) is 12.6. The monoisotopic (exact) mass is 371 g/mol. The Kier molecular flexibility index (Phi) is 5.43. The molecular weight excluding hydrogens is 353 g/mol. The van der Waals surface area contributed by atoms with Gasteiger partial charge < -0.3 is 9.30 Å². The fourth-order valence-corrected chi connectivity index (χ4v) is 3.21. The van der Waals surface area contributed by atoms with Gasteiger partial charge in [-0.3, -0.25) is 0 Å². The molecule has 3 aromatic rings. The number of hydrogen-bond donors (Lipinski definition) is 0. The van der Waals surface area contributed by atoms with Gasteiger partial charge in [0, 0.05) is 28.9 Å². The molecule has 0 saturated carbocycles. The predicted octanol–water partition coefficient (Wildman–Crippen LogP) is 5.48. The van der Waals surface area contributed by atoms with E-state index in [1.54, 1.807) is 19.1 Å². The number of ether oxygens (including phenoxy) is 1. The summed E-state index contributed by atoms with van der Waals surface area (Å²) in [6.07, 6.45) is 1.85. The molecule has 5 heteroatoms. The van der Waals surface area contributed by atoms with Crippen LogP contribution < -0.4 is 0 Å². The number of benzene rings is 2. The average Bonchev–Trinajstić information content (AvgIpc) is 2.92. The third-order valence-electron chi connectivity index (χ3n) is 4.13. The summed E-state index contributed by atoms with van der Waals surface area (Å²) >= 11 is 5.87. The van der Waals surface area contributed by atoms with E-state index < -0.39 is 11.8 Å². The van der Waals surface area contributed by atoms with Crippen molar-refractivity contribution in [3.8, 4) is 11.1 Å². The van der Waals surface area contributed by atoms with Crippen molar-refractivity contribution in [3.05, 3.63) is 82.4 Å². The summed E-state index contributed by atoms with van der Waals surface area (Å²) in [6.45, 7) is 4.34. The molecule has 0 aliphatic heterocycles. The number of halogens is 2. The summed E-state index contributed by atoms with van der Waals surface area (Å²) in [5, 5.41) is 0.310. The molecule has 0 bridgehead atoms. The first-order chi connectivity index (χ1) is 12.5. The van der Waals surface area contributed by atoms with Gasteiger partial charge in [0.1, 0.15) is 11.5 Å². The highest BCUT2D eigenvalue weighted by molar-refractivity contribution is 6.30. The molecule has 134 valence electrons. The molecule has 0 aliphatic rings. The molecule has 0 atom stereocenters. The van der Waals surface area contributed by atoms with E-state index in [4.69, 9.17) is 16.3 Å². The van der Waals surface area contributed by atoms with Crippen molar-refractivity contribution in [1.29, 1.82) is 0 Å². The molecule has 3 rings (SSSR count). The van der Waals surface area contributed by atoms with Crippen LogP contribution in [0.3, 0.4) is 0 Å². The highest BCUT2D eigenvalue weighted by Crippen LogP contribution is 2.33. The standard InChI is InChI=1S/C21H19ClFNO2/c1-3-26-21(25)20-19(17-10-9-16(22)11-18(17)23)14(2)12-24(20)13-15-7-5-4-6-8-15/h4-12H,3,13H2,1-2H3. The van der Waals surface area contributed by atoms with Gasteiger partial charge in [0.05, 0.1) is 6.61 Å². The van der Waals surface area contributed by atoms with Crippen LogP contribution in [-0.2, 0) is 11.3 Å². The molecule has 0 N–H and O–H groups in total. The van der Waals surface area contributed by atoms with Crippen LogP contribution in [0.2, 0.25) is 5.02 Å². The molecule has 26 heavy (non-hydrogen) atoms. The van der Waals surface area contributed by atoms with Gasteiger partial charge in [-0.1, -0.05) is 41.9 Å². The number of esters is 1. The van der Waals surface area contributed by atoms with Gasteiger partial charge in [0.15, 0.2) is 0 Å². The second-order valence-corrected chi connectivity index (χ2v) is 6.43. The smallest absolute Gasteiger partial charge is 0.355 e. The molecular formula is C21H19ClFNO2. The molecule has 0 spiro atoms. The molecule has 1 aromatic heterocycles. The second-order valence-electron chi connectivity index (χ2n) is 5.99. The second kappa shape index (κ2) is 7.75. The Labute approximate surface area is 157 Å². The van der Waals surface area contributed by atoms with Gasteiger partial charge in [0.25, 0.3) is 0 Å². The predicted molar refractivity (Wildman–Crippen MR) is 101 cm³/mol. The lowest BCUT2D eigenvalue weighted by atomic mass is 10.0. The minimum absolute atomic E-state index is 0.247. The largest absolute Gasteiger partial charge is 0.461 e. The number of carbonyl (C=O) groups excluding carboxylic acids is 1. The van der Waals surface area contributed by atoms with Crippen LogP contribution >= 0.6 is 11.6 Å². The fourth-order valence-electron chi connectivity index (χ4n) is 3.05. The minimum atomic E-state index is -0.471. The van der Waals surface area contributed by atoms with Crippen molar-refractivity contribution < 1.29 is 13.9 Å². The Balaban J connectivity index is 2.15. The van der Waals surface area contributed by atoms with Gasteiger partial charge >= 0.3 is 5.97 Å². The molecule has 0 fully saturated rings. The normalized spacial score (nSPS) is 10.8. The highest BCUT2D eigenvalue weighted by Gasteiger charge is 2.24. The van der Waals surface area contributed by atoms with Crippen LogP contribution in [0.5, 0.6) is 0 Å². The van der Waals surface area contributed by atoms with E-state index in [1.807, 2.05) is 48.0 Å². The third kappa shape index (κ3) is 3.65. The summed E-state index contributed by atoms with van der Waals surface area (Å²) in [6, 6.07) is 14.2. The number of hydrogen-bond acceptors (Lipinski definition) is 2. The highest BCUT2D eigenvalue weighted by atomic mass is 35.5. The molecule has 1 heterocycles. The summed E-state index contributed by atoms with van der Waals surface area (Å²) in [7, 11) is 0. The van der Waals surface area contributed by atoms with Crippen molar-refractivity contribution in [2.75, 3.05) is 6.61 Å². The molecule has 0 saturated heterocycles. The zero-order valence-electron chi connectivity index (χ0n) is 14.6. The maximum absolute atomic E-state index is 14.5. The Morgan fingerprint density at radius 2 is 1.92 bits per heavy atom. The van der Waals surface area contributed by atoms with Crippen LogP contribution in [0.15, 0.2) is 54.7 Å². The van der Waals surface area contributed by atoms with E-state index in [0.717, 1.165) is 11.1 Å². The third-order valence-corrected chi connectivity index (χ3v) is 4.37. The lowest BCUT2D eigenvalue weighted by molar-refractivity contribution is 0.0515. The van der Waals surface area contributed by atoms with E-state index in [-0.39, 0.29) is 6.61 Å². The van der Waals surface area contributed by atoms with Gasteiger partial charge in [0.2, 0.25) is 0 Å². The minimum Gasteiger partial charge on any atom is -0.461 e. The maximum atomic E-state index is 14.5. The molecule has 0 aliphatic carbocycles. The van der Waals surface area contributed by atoms with Crippen molar-refractivity contribution in [1.82, 2.24) is 4.57 Å².